The molecule has 24 heavy (non-hydrogen) atoms. The van der Waals surface area contributed by atoms with Crippen molar-refractivity contribution in [3.63, 3.8) is 0 Å². The van der Waals surface area contributed by atoms with Crippen molar-refractivity contribution >= 4 is 17.7 Å². The van der Waals surface area contributed by atoms with E-state index in [4.69, 9.17) is 4.74 Å². The molecule has 1 aromatic heterocycles. The summed E-state index contributed by atoms with van der Waals surface area (Å²) in [6, 6.07) is 3.27. The zero-order valence-corrected chi connectivity index (χ0v) is 13.9. The second-order valence-corrected chi connectivity index (χ2v) is 7.22. The lowest BCUT2D eigenvalue weighted by atomic mass is 9.96. The van der Waals surface area contributed by atoms with Gasteiger partial charge in [0, 0.05) is 25.0 Å². The van der Waals surface area contributed by atoms with Crippen LogP contribution in [-0.2, 0) is 0 Å². The minimum absolute atomic E-state index is 0.0346. The summed E-state index contributed by atoms with van der Waals surface area (Å²) in [5.74, 6) is 0.548. The Kier molecular flexibility index (Phi) is 5.22. The van der Waals surface area contributed by atoms with Gasteiger partial charge in [-0.15, -0.1) is 0 Å². The largest absolute Gasteiger partial charge is 0.473 e. The highest BCUT2D eigenvalue weighted by Crippen LogP contribution is 2.35. The molecule has 3 heterocycles. The van der Waals surface area contributed by atoms with Crippen molar-refractivity contribution in [3.05, 3.63) is 23.9 Å². The Labute approximate surface area is 142 Å². The number of rotatable bonds is 3. The molecule has 4 nitrogen and oxygen atoms in total. The molecular formula is C16H19F3N2O2S. The van der Waals surface area contributed by atoms with Crippen molar-refractivity contribution in [1.29, 1.82) is 0 Å². The molecule has 0 spiro atoms. The van der Waals surface area contributed by atoms with Gasteiger partial charge < -0.3 is 9.64 Å². The predicted molar refractivity (Wildman–Crippen MR) is 85.3 cm³/mol. The van der Waals surface area contributed by atoms with E-state index in [0.29, 0.717) is 5.56 Å². The van der Waals surface area contributed by atoms with E-state index >= 15 is 0 Å². The Morgan fingerprint density at radius 3 is 2.67 bits per heavy atom. The highest BCUT2D eigenvalue weighted by atomic mass is 32.2. The average Bonchev–Trinajstić information content (AvgIpc) is 3.07. The summed E-state index contributed by atoms with van der Waals surface area (Å²) in [6.45, 7) is 0.216. The summed E-state index contributed by atoms with van der Waals surface area (Å²) in [5.41, 5.74) is 0.333. The van der Waals surface area contributed by atoms with E-state index in [1.807, 2.05) is 0 Å². The first kappa shape index (κ1) is 17.4. The number of piperidine rings is 1. The van der Waals surface area contributed by atoms with Crippen LogP contribution in [0.3, 0.4) is 0 Å². The summed E-state index contributed by atoms with van der Waals surface area (Å²) in [7, 11) is 0. The smallest absolute Gasteiger partial charge is 0.391 e. The number of likely N-dealkylation sites (tertiary alicyclic amines) is 1. The van der Waals surface area contributed by atoms with Crippen molar-refractivity contribution in [2.75, 3.05) is 24.6 Å². The first-order valence-electron chi connectivity index (χ1n) is 8.00. The van der Waals surface area contributed by atoms with Gasteiger partial charge in [-0.05, 0) is 37.1 Å². The van der Waals surface area contributed by atoms with E-state index in [-0.39, 0.29) is 43.8 Å². The molecule has 0 aliphatic carbocycles. The molecular weight excluding hydrogens is 341 g/mol. The van der Waals surface area contributed by atoms with Crippen LogP contribution in [0.4, 0.5) is 13.2 Å². The van der Waals surface area contributed by atoms with Crippen LogP contribution in [0.25, 0.3) is 0 Å². The second-order valence-electron chi connectivity index (χ2n) is 6.07. The maximum absolute atomic E-state index is 12.7. The molecule has 1 unspecified atom stereocenters. The van der Waals surface area contributed by atoms with Crippen LogP contribution in [0.5, 0.6) is 5.88 Å². The zero-order valence-electron chi connectivity index (χ0n) is 13.1. The third-order valence-electron chi connectivity index (χ3n) is 4.41. The fourth-order valence-corrected chi connectivity index (χ4v) is 4.09. The van der Waals surface area contributed by atoms with Crippen LogP contribution in [0, 0.1) is 5.92 Å². The molecule has 0 saturated carbocycles. The van der Waals surface area contributed by atoms with Gasteiger partial charge in [0.2, 0.25) is 5.88 Å². The number of hydrogen-bond acceptors (Lipinski definition) is 4. The van der Waals surface area contributed by atoms with Crippen molar-refractivity contribution in [2.45, 2.75) is 31.5 Å². The number of carbonyl (C=O) groups excluding carboxylic acids is 1. The van der Waals surface area contributed by atoms with Gasteiger partial charge in [0.25, 0.3) is 5.91 Å². The average molecular weight is 360 g/mol. The van der Waals surface area contributed by atoms with Gasteiger partial charge in [0.05, 0.1) is 5.92 Å². The van der Waals surface area contributed by atoms with Gasteiger partial charge in [-0.1, -0.05) is 0 Å². The number of amides is 1. The topological polar surface area (TPSA) is 42.4 Å². The van der Waals surface area contributed by atoms with Gasteiger partial charge in [0.1, 0.15) is 11.7 Å². The van der Waals surface area contributed by atoms with Gasteiger partial charge in [-0.2, -0.15) is 24.9 Å². The summed E-state index contributed by atoms with van der Waals surface area (Å²) in [4.78, 5) is 18.3. The van der Waals surface area contributed by atoms with Crippen molar-refractivity contribution in [3.8, 4) is 5.88 Å². The molecule has 132 valence electrons. The van der Waals surface area contributed by atoms with Crippen LogP contribution in [0.15, 0.2) is 18.3 Å². The minimum Gasteiger partial charge on any atom is -0.473 e. The third kappa shape index (κ3) is 3.96. The first-order valence-corrected chi connectivity index (χ1v) is 9.16. The molecule has 2 aliphatic heterocycles. The number of alkyl halides is 3. The van der Waals surface area contributed by atoms with Gasteiger partial charge in [-0.3, -0.25) is 4.79 Å². The number of ether oxygens (including phenoxy) is 1. The van der Waals surface area contributed by atoms with E-state index in [9.17, 15) is 18.0 Å². The van der Waals surface area contributed by atoms with Crippen molar-refractivity contribution in [1.82, 2.24) is 9.88 Å². The highest BCUT2D eigenvalue weighted by molar-refractivity contribution is 7.99. The van der Waals surface area contributed by atoms with Crippen LogP contribution in [0.2, 0.25) is 0 Å². The molecule has 0 radical (unpaired) electrons. The lowest BCUT2D eigenvalue weighted by Crippen LogP contribution is -2.42. The Bertz CT molecular complexity index is 583. The summed E-state index contributed by atoms with van der Waals surface area (Å²) < 4.78 is 44.1. The number of aromatic nitrogens is 1. The SMILES string of the molecule is O=C(c1cccnc1OC1CCSC1)N1CCC(C(F)(F)F)CC1. The van der Waals surface area contributed by atoms with E-state index in [2.05, 4.69) is 4.98 Å². The third-order valence-corrected chi connectivity index (χ3v) is 5.54. The fourth-order valence-electron chi connectivity index (χ4n) is 2.99. The monoisotopic (exact) mass is 360 g/mol. The summed E-state index contributed by atoms with van der Waals surface area (Å²) in [6.07, 6.45) is -1.78. The number of pyridine rings is 1. The van der Waals surface area contributed by atoms with Crippen LogP contribution < -0.4 is 4.74 Å². The maximum atomic E-state index is 12.7. The molecule has 2 aliphatic rings. The maximum Gasteiger partial charge on any atom is 0.391 e. The molecule has 2 saturated heterocycles. The van der Waals surface area contributed by atoms with Crippen molar-refractivity contribution < 1.29 is 22.7 Å². The zero-order chi connectivity index (χ0) is 17.2. The van der Waals surface area contributed by atoms with Crippen LogP contribution >= 0.6 is 11.8 Å². The van der Waals surface area contributed by atoms with E-state index in [1.54, 1.807) is 30.1 Å². The molecule has 1 atom stereocenters. The number of hydrogen-bond donors (Lipinski definition) is 0. The molecule has 8 heteroatoms. The molecule has 0 N–H and O–H groups in total. The van der Waals surface area contributed by atoms with Gasteiger partial charge in [0.15, 0.2) is 0 Å². The number of nitrogens with zero attached hydrogens (tertiary/aromatic N) is 2. The first-order chi connectivity index (χ1) is 11.4. The molecule has 1 amide bonds. The highest BCUT2D eigenvalue weighted by Gasteiger charge is 2.42. The quantitative estimate of drug-likeness (QED) is 0.829. The lowest BCUT2D eigenvalue weighted by molar-refractivity contribution is -0.183. The van der Waals surface area contributed by atoms with Gasteiger partial charge >= 0.3 is 6.18 Å². The Balaban J connectivity index is 1.67. The Hall–Kier alpha value is -1.44. The summed E-state index contributed by atoms with van der Waals surface area (Å²) >= 11 is 1.79. The predicted octanol–water partition coefficient (Wildman–Crippen LogP) is 3.38. The molecule has 3 rings (SSSR count). The van der Waals surface area contributed by atoms with Gasteiger partial charge in [-0.25, -0.2) is 4.98 Å². The van der Waals surface area contributed by atoms with E-state index < -0.39 is 12.1 Å². The molecule has 2 fully saturated rings. The molecule has 1 aromatic rings. The Morgan fingerprint density at radius 1 is 1.29 bits per heavy atom. The van der Waals surface area contributed by atoms with Crippen LogP contribution in [0.1, 0.15) is 29.6 Å². The van der Waals surface area contributed by atoms with Crippen LogP contribution in [-0.4, -0.2) is 52.7 Å². The Morgan fingerprint density at radius 2 is 2.04 bits per heavy atom. The minimum atomic E-state index is -4.18. The lowest BCUT2D eigenvalue weighted by Gasteiger charge is -2.33. The second kappa shape index (κ2) is 7.21. The van der Waals surface area contributed by atoms with E-state index in [0.717, 1.165) is 17.9 Å². The normalized spacial score (nSPS) is 22.6. The fraction of sp³-hybridized carbons (Fsp3) is 0.625. The number of halogens is 3. The number of carbonyl (C=O) groups is 1. The molecule has 0 bridgehead atoms. The molecule has 0 aromatic carbocycles. The van der Waals surface area contributed by atoms with E-state index in [1.165, 1.54) is 4.90 Å². The summed E-state index contributed by atoms with van der Waals surface area (Å²) in [5, 5.41) is 0. The van der Waals surface area contributed by atoms with Crippen molar-refractivity contribution in [2.24, 2.45) is 5.92 Å². The standard InChI is InChI=1S/C16H19F3N2O2S/c17-16(18,19)11-3-7-21(8-4-11)15(22)13-2-1-6-20-14(13)23-12-5-9-24-10-12/h1-2,6,11-12H,3-5,7-10H2. The number of thioether (sulfide) groups is 1.